The maximum absolute atomic E-state index is 11.7. The Kier molecular flexibility index (Phi) is 8.46. The molecule has 0 fully saturated rings. The van der Waals surface area contributed by atoms with Gasteiger partial charge in [-0.25, -0.2) is 0 Å². The molecule has 0 saturated heterocycles. The molecule has 7 nitrogen and oxygen atoms in total. The molecule has 0 spiro atoms. The third-order valence-corrected chi connectivity index (χ3v) is 2.67. The van der Waals surface area contributed by atoms with Gasteiger partial charge in [0.15, 0.2) is 5.82 Å². The summed E-state index contributed by atoms with van der Waals surface area (Å²) in [6.45, 7) is 8.53. The van der Waals surface area contributed by atoms with Crippen molar-refractivity contribution in [3.8, 4) is 0 Å². The molecule has 0 saturated carbocycles. The molecule has 0 aliphatic heterocycles. The van der Waals surface area contributed by atoms with Crippen LogP contribution in [0.3, 0.4) is 0 Å². The summed E-state index contributed by atoms with van der Waals surface area (Å²) in [5.41, 5.74) is 5.53. The van der Waals surface area contributed by atoms with Crippen LogP contribution >= 0.6 is 12.4 Å². The van der Waals surface area contributed by atoms with Gasteiger partial charge >= 0.3 is 0 Å². The van der Waals surface area contributed by atoms with Gasteiger partial charge in [0.1, 0.15) is 6.10 Å². The van der Waals surface area contributed by atoms with Gasteiger partial charge in [0, 0.05) is 13.7 Å². The molecule has 21 heavy (non-hydrogen) atoms. The van der Waals surface area contributed by atoms with E-state index in [9.17, 15) is 4.79 Å². The van der Waals surface area contributed by atoms with Gasteiger partial charge in [-0.05, 0) is 19.8 Å². The van der Waals surface area contributed by atoms with Crippen LogP contribution in [0.1, 0.15) is 45.5 Å². The maximum atomic E-state index is 11.7. The lowest BCUT2D eigenvalue weighted by atomic mass is 10.2. The Labute approximate surface area is 131 Å². The van der Waals surface area contributed by atoms with E-state index < -0.39 is 6.04 Å². The van der Waals surface area contributed by atoms with Gasteiger partial charge in [-0.1, -0.05) is 19.0 Å². The minimum atomic E-state index is -0.546. The van der Waals surface area contributed by atoms with E-state index >= 15 is 0 Å². The number of carbonyl (C=O) groups is 1. The minimum absolute atomic E-state index is 0. The van der Waals surface area contributed by atoms with Crippen molar-refractivity contribution in [3.05, 3.63) is 11.7 Å². The highest BCUT2D eigenvalue weighted by Gasteiger charge is 2.19. The van der Waals surface area contributed by atoms with Gasteiger partial charge in [0.25, 0.3) is 0 Å². The van der Waals surface area contributed by atoms with Crippen LogP contribution in [0.2, 0.25) is 0 Å². The zero-order valence-corrected chi connectivity index (χ0v) is 14.0. The highest BCUT2D eigenvalue weighted by Crippen LogP contribution is 2.15. The topological polar surface area (TPSA) is 94.5 Å². The van der Waals surface area contributed by atoms with Crippen LogP contribution in [0.4, 0.5) is 0 Å². The van der Waals surface area contributed by atoms with Crippen molar-refractivity contribution in [3.63, 3.8) is 0 Å². The number of nitrogens with two attached hydrogens (primary N) is 1. The Morgan fingerprint density at radius 1 is 1.38 bits per heavy atom. The second-order valence-electron chi connectivity index (χ2n) is 5.40. The predicted molar refractivity (Wildman–Crippen MR) is 80.9 cm³/mol. The average Bonchev–Trinajstić information content (AvgIpc) is 2.83. The van der Waals surface area contributed by atoms with Crippen LogP contribution in [-0.2, 0) is 16.1 Å². The first-order valence-corrected chi connectivity index (χ1v) is 6.75. The molecule has 1 amide bonds. The summed E-state index contributed by atoms with van der Waals surface area (Å²) >= 11 is 0. The second-order valence-corrected chi connectivity index (χ2v) is 5.40. The standard InChI is InChI=1S/C13H24N4O3.ClH/c1-8(2)7-19-10(4)12-15-11(20-16-12)6-17(5)13(18)9(3)14;/h8-10H,6-7,14H2,1-5H3;1H/t9-,10?;/m0./s1. The number of aromatic nitrogens is 2. The highest BCUT2D eigenvalue weighted by molar-refractivity contribution is 5.85. The Morgan fingerprint density at radius 2 is 2.00 bits per heavy atom. The van der Waals surface area contributed by atoms with Gasteiger partial charge in [-0.15, -0.1) is 12.4 Å². The quantitative estimate of drug-likeness (QED) is 0.818. The van der Waals surface area contributed by atoms with Gasteiger partial charge in [0.05, 0.1) is 12.6 Å². The zero-order chi connectivity index (χ0) is 15.3. The number of rotatable bonds is 7. The van der Waals surface area contributed by atoms with Crippen LogP contribution in [0.25, 0.3) is 0 Å². The van der Waals surface area contributed by atoms with Crippen LogP contribution in [-0.4, -0.2) is 40.6 Å². The first-order chi connectivity index (χ1) is 9.31. The zero-order valence-electron chi connectivity index (χ0n) is 13.2. The van der Waals surface area contributed by atoms with Gasteiger partial charge < -0.3 is 19.9 Å². The lowest BCUT2D eigenvalue weighted by Crippen LogP contribution is -2.39. The number of ether oxygens (including phenoxy) is 1. The van der Waals surface area contributed by atoms with Crippen molar-refractivity contribution in [2.24, 2.45) is 11.7 Å². The van der Waals surface area contributed by atoms with Crippen LogP contribution < -0.4 is 5.73 Å². The summed E-state index contributed by atoms with van der Waals surface area (Å²) in [5.74, 6) is 1.13. The summed E-state index contributed by atoms with van der Waals surface area (Å²) in [7, 11) is 1.65. The molecule has 122 valence electrons. The summed E-state index contributed by atoms with van der Waals surface area (Å²) in [6.07, 6.45) is -0.232. The molecule has 1 heterocycles. The van der Waals surface area contributed by atoms with Crippen molar-refractivity contribution >= 4 is 18.3 Å². The SMILES string of the molecule is CC(C)COC(C)c1noc(CN(C)C(=O)[C@H](C)N)n1.Cl. The molecule has 0 aliphatic rings. The Morgan fingerprint density at radius 3 is 2.52 bits per heavy atom. The lowest BCUT2D eigenvalue weighted by molar-refractivity contribution is -0.131. The molecule has 2 atom stereocenters. The first kappa shape index (κ1) is 19.8. The fourth-order valence-electron chi connectivity index (χ4n) is 1.54. The molecule has 2 N–H and O–H groups in total. The molecule has 8 heteroatoms. The van der Waals surface area contributed by atoms with E-state index in [-0.39, 0.29) is 31.0 Å². The number of hydrogen-bond donors (Lipinski definition) is 1. The monoisotopic (exact) mass is 320 g/mol. The molecule has 0 aromatic carbocycles. The lowest BCUT2D eigenvalue weighted by Gasteiger charge is -2.16. The normalized spacial score (nSPS) is 13.7. The fraction of sp³-hybridized carbons (Fsp3) is 0.769. The second kappa shape index (κ2) is 8.96. The molecule has 1 unspecified atom stereocenters. The number of nitrogens with zero attached hydrogens (tertiary/aromatic N) is 3. The molecule has 0 radical (unpaired) electrons. The third-order valence-electron chi connectivity index (χ3n) is 2.67. The van der Waals surface area contributed by atoms with E-state index in [4.69, 9.17) is 15.0 Å². The fourth-order valence-corrected chi connectivity index (χ4v) is 1.54. The molecular formula is C13H25ClN4O3. The summed E-state index contributed by atoms with van der Waals surface area (Å²) < 4.78 is 10.7. The molecular weight excluding hydrogens is 296 g/mol. The summed E-state index contributed by atoms with van der Waals surface area (Å²) in [4.78, 5) is 17.3. The van der Waals surface area contributed by atoms with E-state index in [1.54, 1.807) is 14.0 Å². The summed E-state index contributed by atoms with van der Waals surface area (Å²) in [6, 6.07) is -0.546. The van der Waals surface area contributed by atoms with Gasteiger partial charge in [-0.2, -0.15) is 4.98 Å². The molecule has 1 aromatic heterocycles. The van der Waals surface area contributed by atoms with Crippen LogP contribution in [0, 0.1) is 5.92 Å². The molecule has 1 rings (SSSR count). The first-order valence-electron chi connectivity index (χ1n) is 6.75. The average molecular weight is 321 g/mol. The Hall–Kier alpha value is -1.18. The minimum Gasteiger partial charge on any atom is -0.370 e. The van der Waals surface area contributed by atoms with Gasteiger partial charge in [0.2, 0.25) is 11.8 Å². The predicted octanol–water partition coefficient (Wildman–Crippen LogP) is 1.53. The molecule has 0 aliphatic carbocycles. The number of hydrogen-bond acceptors (Lipinski definition) is 6. The van der Waals surface area contributed by atoms with Crippen molar-refractivity contribution < 1.29 is 14.1 Å². The third kappa shape index (κ3) is 6.41. The Bertz CT molecular complexity index is 437. The van der Waals surface area contributed by atoms with E-state index in [1.807, 2.05) is 6.92 Å². The van der Waals surface area contributed by atoms with Crippen LogP contribution in [0.15, 0.2) is 4.52 Å². The van der Waals surface area contributed by atoms with Crippen molar-refractivity contribution in [1.29, 1.82) is 0 Å². The van der Waals surface area contributed by atoms with Gasteiger partial charge in [-0.3, -0.25) is 4.79 Å². The van der Waals surface area contributed by atoms with Crippen LogP contribution in [0.5, 0.6) is 0 Å². The number of amides is 1. The largest absolute Gasteiger partial charge is 0.370 e. The number of carbonyl (C=O) groups excluding carboxylic acids is 1. The summed E-state index contributed by atoms with van der Waals surface area (Å²) in [5, 5.41) is 3.87. The molecule has 0 bridgehead atoms. The van der Waals surface area contributed by atoms with Crippen molar-refractivity contribution in [2.45, 2.75) is 46.4 Å². The van der Waals surface area contributed by atoms with E-state index in [1.165, 1.54) is 4.90 Å². The number of halogens is 1. The maximum Gasteiger partial charge on any atom is 0.246 e. The van der Waals surface area contributed by atoms with Crippen molar-refractivity contribution in [2.75, 3.05) is 13.7 Å². The Balaban J connectivity index is 0.00000400. The smallest absolute Gasteiger partial charge is 0.246 e. The van der Waals surface area contributed by atoms with Crippen molar-refractivity contribution in [1.82, 2.24) is 15.0 Å². The van der Waals surface area contributed by atoms with E-state index in [0.29, 0.717) is 24.2 Å². The highest BCUT2D eigenvalue weighted by atomic mass is 35.5. The molecule has 1 aromatic rings. The van der Waals surface area contributed by atoms with E-state index in [0.717, 1.165) is 0 Å². The van der Waals surface area contributed by atoms with E-state index in [2.05, 4.69) is 24.0 Å². The number of likely N-dealkylation sites (N-methyl/N-ethyl adjacent to an activating group) is 1.